The minimum absolute atomic E-state index is 0.401. The van der Waals surface area contributed by atoms with Crippen molar-refractivity contribution in [2.75, 3.05) is 11.9 Å². The van der Waals surface area contributed by atoms with Gasteiger partial charge in [-0.05, 0) is 44.5 Å². The van der Waals surface area contributed by atoms with Crippen molar-refractivity contribution in [3.63, 3.8) is 0 Å². The number of hydrogen-bond acceptors (Lipinski definition) is 4. The third-order valence-corrected chi connectivity index (χ3v) is 5.47. The van der Waals surface area contributed by atoms with Gasteiger partial charge < -0.3 is 9.64 Å². The molecular weight excluding hydrogens is 404 g/mol. The minimum Gasteiger partial charge on any atom is -0.443 e. The van der Waals surface area contributed by atoms with Crippen molar-refractivity contribution in [2.24, 2.45) is 0 Å². The Morgan fingerprint density at radius 3 is 2.30 bits per heavy atom. The van der Waals surface area contributed by atoms with Crippen molar-refractivity contribution in [1.82, 2.24) is 4.90 Å². The van der Waals surface area contributed by atoms with Crippen LogP contribution in [0.4, 0.5) is 10.5 Å². The molecule has 0 saturated carbocycles. The number of nitrogens with zero attached hydrogens (tertiary/aromatic N) is 2. The minimum atomic E-state index is -1.64. The molecule has 2 aromatic carbocycles. The molecule has 4 rings (SSSR count). The van der Waals surface area contributed by atoms with Crippen LogP contribution in [0.3, 0.4) is 0 Å². The lowest BCUT2D eigenvalue weighted by Crippen LogP contribution is -2.55. The van der Waals surface area contributed by atoms with Gasteiger partial charge in [0.15, 0.2) is 5.54 Å². The van der Waals surface area contributed by atoms with Crippen molar-refractivity contribution in [2.45, 2.75) is 31.9 Å². The zero-order valence-electron chi connectivity index (χ0n) is 17.1. The van der Waals surface area contributed by atoms with E-state index in [2.05, 4.69) is 0 Å². The van der Waals surface area contributed by atoms with Gasteiger partial charge in [0.05, 0.1) is 0 Å². The standard InChI is InChI=1S/C23H21ClN2O4/c1-22(2,3)30-21(29)26-19(27)13-17(14-9-11-15(24)12-10-14)23(26)16-7-5-6-8-18(16)25(4)20(23)28/h5-13H,1-4H3/t23-/m1/s1. The molecule has 154 valence electrons. The predicted octanol–water partition coefficient (Wildman–Crippen LogP) is 4.37. The molecule has 3 amide bonds. The molecule has 0 unspecified atom stereocenters. The molecule has 0 aliphatic carbocycles. The summed E-state index contributed by atoms with van der Waals surface area (Å²) >= 11 is 6.04. The average Bonchev–Trinajstić information content (AvgIpc) is 3.10. The molecule has 0 bridgehead atoms. The lowest BCUT2D eigenvalue weighted by Gasteiger charge is -2.36. The monoisotopic (exact) mass is 424 g/mol. The Labute approximate surface area is 179 Å². The van der Waals surface area contributed by atoms with Crippen LogP contribution in [0.1, 0.15) is 31.9 Å². The summed E-state index contributed by atoms with van der Waals surface area (Å²) in [5.41, 5.74) is -0.261. The van der Waals surface area contributed by atoms with Gasteiger partial charge in [0, 0.05) is 35.0 Å². The van der Waals surface area contributed by atoms with Crippen LogP contribution >= 0.6 is 11.6 Å². The Morgan fingerprint density at radius 2 is 1.67 bits per heavy atom. The molecule has 2 aliphatic rings. The first-order valence-corrected chi connectivity index (χ1v) is 9.88. The number of hydrogen-bond donors (Lipinski definition) is 0. The second-order valence-electron chi connectivity index (χ2n) is 8.31. The van der Waals surface area contributed by atoms with E-state index in [-0.39, 0.29) is 0 Å². The van der Waals surface area contributed by atoms with Crippen LogP contribution in [-0.2, 0) is 19.9 Å². The number of fused-ring (bicyclic) bond motifs is 2. The highest BCUT2D eigenvalue weighted by Crippen LogP contribution is 2.54. The Morgan fingerprint density at radius 1 is 1.03 bits per heavy atom. The molecular formula is C23H21ClN2O4. The predicted molar refractivity (Wildman–Crippen MR) is 114 cm³/mol. The number of para-hydroxylation sites is 1. The van der Waals surface area contributed by atoms with Crippen molar-refractivity contribution in [1.29, 1.82) is 0 Å². The van der Waals surface area contributed by atoms with E-state index in [0.29, 0.717) is 27.4 Å². The topological polar surface area (TPSA) is 66.9 Å². The highest BCUT2D eigenvalue weighted by Gasteiger charge is 2.63. The van der Waals surface area contributed by atoms with Crippen LogP contribution in [-0.4, -0.2) is 35.5 Å². The van der Waals surface area contributed by atoms with Crippen LogP contribution in [0.25, 0.3) is 5.57 Å². The SMILES string of the molecule is CN1C(=O)[C@]2(C(c3ccc(Cl)cc3)=CC(=O)N2C(=O)OC(C)(C)C)c2ccccc21. The summed E-state index contributed by atoms with van der Waals surface area (Å²) in [5, 5.41) is 0.525. The number of carbonyl (C=O) groups is 3. The molecule has 1 atom stereocenters. The van der Waals surface area contributed by atoms with Gasteiger partial charge in [-0.15, -0.1) is 0 Å². The Kier molecular flexibility index (Phi) is 4.51. The first-order chi connectivity index (χ1) is 14.1. The van der Waals surface area contributed by atoms with Crippen molar-refractivity contribution in [3.05, 3.63) is 70.8 Å². The van der Waals surface area contributed by atoms with E-state index in [0.717, 1.165) is 4.90 Å². The molecule has 0 aromatic heterocycles. The van der Waals surface area contributed by atoms with E-state index in [9.17, 15) is 14.4 Å². The lowest BCUT2D eigenvalue weighted by atomic mass is 9.81. The lowest BCUT2D eigenvalue weighted by molar-refractivity contribution is -0.136. The maximum absolute atomic E-state index is 13.7. The zero-order chi connectivity index (χ0) is 21.8. The third-order valence-electron chi connectivity index (χ3n) is 5.21. The quantitative estimate of drug-likeness (QED) is 0.681. The van der Waals surface area contributed by atoms with E-state index in [1.165, 1.54) is 11.0 Å². The smallest absolute Gasteiger partial charge is 0.418 e. The number of likely N-dealkylation sites (N-methyl/N-ethyl adjacent to an activating group) is 1. The molecule has 2 aliphatic heterocycles. The summed E-state index contributed by atoms with van der Waals surface area (Å²) in [7, 11) is 1.63. The molecule has 6 nitrogen and oxygen atoms in total. The molecule has 0 fully saturated rings. The van der Waals surface area contributed by atoms with Gasteiger partial charge in [-0.3, -0.25) is 9.59 Å². The van der Waals surface area contributed by atoms with Crippen LogP contribution in [0.2, 0.25) is 5.02 Å². The van der Waals surface area contributed by atoms with E-state index in [4.69, 9.17) is 16.3 Å². The zero-order valence-corrected chi connectivity index (χ0v) is 17.9. The van der Waals surface area contributed by atoms with Gasteiger partial charge >= 0.3 is 6.09 Å². The number of carbonyl (C=O) groups excluding carboxylic acids is 3. The Bertz CT molecular complexity index is 1100. The Balaban J connectivity index is 1.98. The number of rotatable bonds is 1. The van der Waals surface area contributed by atoms with Crippen LogP contribution in [0, 0.1) is 0 Å². The summed E-state index contributed by atoms with van der Waals surface area (Å²) in [5.74, 6) is -1.01. The van der Waals surface area contributed by atoms with E-state index in [1.807, 2.05) is 6.07 Å². The van der Waals surface area contributed by atoms with E-state index < -0.39 is 29.0 Å². The van der Waals surface area contributed by atoms with Crippen molar-refractivity contribution in [3.8, 4) is 0 Å². The summed E-state index contributed by atoms with van der Waals surface area (Å²) in [4.78, 5) is 42.4. The molecule has 2 heterocycles. The summed E-state index contributed by atoms with van der Waals surface area (Å²) in [6.45, 7) is 5.13. The number of imide groups is 1. The maximum atomic E-state index is 13.7. The van der Waals surface area contributed by atoms with Gasteiger partial charge in [-0.2, -0.15) is 0 Å². The second kappa shape index (κ2) is 6.71. The van der Waals surface area contributed by atoms with Gasteiger partial charge in [0.25, 0.3) is 11.8 Å². The van der Waals surface area contributed by atoms with Gasteiger partial charge in [-0.1, -0.05) is 41.9 Å². The summed E-state index contributed by atoms with van der Waals surface area (Å²) in [6, 6.07) is 14.0. The normalized spacial score (nSPS) is 20.6. The third kappa shape index (κ3) is 2.82. The summed E-state index contributed by atoms with van der Waals surface area (Å²) < 4.78 is 5.52. The van der Waals surface area contributed by atoms with Crippen LogP contribution in [0.5, 0.6) is 0 Å². The van der Waals surface area contributed by atoms with E-state index >= 15 is 0 Å². The number of benzene rings is 2. The highest BCUT2D eigenvalue weighted by atomic mass is 35.5. The fourth-order valence-electron chi connectivity index (χ4n) is 4.05. The fourth-order valence-corrected chi connectivity index (χ4v) is 4.18. The van der Waals surface area contributed by atoms with Gasteiger partial charge in [0.2, 0.25) is 0 Å². The van der Waals surface area contributed by atoms with Crippen molar-refractivity contribution < 1.29 is 19.1 Å². The molecule has 30 heavy (non-hydrogen) atoms. The Hall–Kier alpha value is -3.12. The average molecular weight is 425 g/mol. The second-order valence-corrected chi connectivity index (χ2v) is 8.75. The number of ether oxygens (including phenoxy) is 1. The molecule has 0 N–H and O–H groups in total. The maximum Gasteiger partial charge on any atom is 0.418 e. The van der Waals surface area contributed by atoms with Gasteiger partial charge in [0.1, 0.15) is 5.60 Å². The number of halogens is 1. The number of amides is 3. The van der Waals surface area contributed by atoms with Crippen LogP contribution < -0.4 is 4.90 Å². The van der Waals surface area contributed by atoms with Gasteiger partial charge in [-0.25, -0.2) is 9.69 Å². The first-order valence-electron chi connectivity index (χ1n) is 9.50. The molecule has 0 radical (unpaired) electrons. The fraction of sp³-hybridized carbons (Fsp3) is 0.261. The molecule has 7 heteroatoms. The highest BCUT2D eigenvalue weighted by molar-refractivity contribution is 6.30. The number of anilines is 1. The molecule has 1 spiro atoms. The first kappa shape index (κ1) is 20.2. The van der Waals surface area contributed by atoms with Crippen molar-refractivity contribution >= 4 is 40.8 Å². The van der Waals surface area contributed by atoms with E-state index in [1.54, 1.807) is 70.3 Å². The largest absolute Gasteiger partial charge is 0.443 e. The molecule has 2 aromatic rings. The summed E-state index contributed by atoms with van der Waals surface area (Å²) in [6.07, 6.45) is 0.465. The van der Waals surface area contributed by atoms with Crippen LogP contribution in [0.15, 0.2) is 54.6 Å². The molecule has 0 saturated heterocycles.